The normalized spacial score (nSPS) is 16.3. The Balaban J connectivity index is 1.28. The Bertz CT molecular complexity index is 1290. The number of nitrogens with zero attached hydrogens (tertiary/aromatic N) is 4. The summed E-state index contributed by atoms with van der Waals surface area (Å²) in [6.45, 7) is 3.99. The number of aromatic nitrogens is 2. The lowest BCUT2D eigenvalue weighted by Crippen LogP contribution is -2.44. The first-order valence-corrected chi connectivity index (χ1v) is 15.1. The van der Waals surface area contributed by atoms with Crippen molar-refractivity contribution in [3.8, 4) is 17.4 Å². The fourth-order valence-electron chi connectivity index (χ4n) is 4.10. The topological polar surface area (TPSA) is 91.9 Å². The van der Waals surface area contributed by atoms with Gasteiger partial charge < -0.3 is 29.9 Å². The van der Waals surface area contributed by atoms with Gasteiger partial charge in [0.25, 0.3) is 0 Å². The lowest BCUT2D eigenvalue weighted by atomic mass is 10.2. The maximum absolute atomic E-state index is 12.5. The van der Waals surface area contributed by atoms with Crippen LogP contribution in [0.2, 0.25) is 5.02 Å². The summed E-state index contributed by atoms with van der Waals surface area (Å²) in [5.41, 5.74) is 2.49. The summed E-state index contributed by atoms with van der Waals surface area (Å²) >= 11 is 6.35. The number of anilines is 4. The summed E-state index contributed by atoms with van der Waals surface area (Å²) in [5, 5.41) is 6.44. The van der Waals surface area contributed by atoms with Gasteiger partial charge in [-0.05, 0) is 31.3 Å². The maximum Gasteiger partial charge on any atom is 0.243 e. The van der Waals surface area contributed by atoms with Crippen LogP contribution in [0.25, 0.3) is 0 Å². The molecule has 2 fully saturated rings. The molecular formula is C26H29ClN6O3S2. The van der Waals surface area contributed by atoms with Crippen LogP contribution in [0.1, 0.15) is 0 Å². The first kappa shape index (κ1) is 26.7. The Morgan fingerprint density at radius 1 is 1.11 bits per heavy atom. The van der Waals surface area contributed by atoms with Crippen LogP contribution in [0, 0.1) is 5.92 Å². The Morgan fingerprint density at radius 2 is 1.89 bits per heavy atom. The molecule has 2 aliphatic heterocycles. The fourth-order valence-corrected chi connectivity index (χ4v) is 7.00. The average Bonchev–Trinajstić information content (AvgIpc) is 3.47. The Kier molecular flexibility index (Phi) is 8.68. The van der Waals surface area contributed by atoms with Crippen molar-refractivity contribution in [2.24, 2.45) is 5.92 Å². The monoisotopic (exact) mass is 572 g/mol. The molecule has 1 amide bonds. The molecule has 0 saturated carbocycles. The molecule has 0 aliphatic carbocycles. The van der Waals surface area contributed by atoms with Crippen LogP contribution in [-0.2, 0) is 4.79 Å². The number of halogens is 1. The van der Waals surface area contributed by atoms with Crippen molar-refractivity contribution in [2.75, 3.05) is 67.4 Å². The number of likely N-dealkylation sites (N-methyl/N-ethyl adjacent to an activating group) is 1. The lowest BCUT2D eigenvalue weighted by molar-refractivity contribution is -0.118. The van der Waals surface area contributed by atoms with E-state index in [1.165, 1.54) is 6.20 Å². The second-order valence-electron chi connectivity index (χ2n) is 9.03. The fraction of sp³-hybridized carbons (Fsp3) is 0.346. The summed E-state index contributed by atoms with van der Waals surface area (Å²) in [5.74, 6) is 3.36. The molecule has 200 valence electrons. The Labute approximate surface area is 235 Å². The number of benzene rings is 2. The summed E-state index contributed by atoms with van der Waals surface area (Å²) in [6, 6.07) is 13.2. The average molecular weight is 573 g/mol. The standard InChI is InChI=1S/C26H29ClN6O3S2/c1-32-8-10-33(11-9-32)19-6-7-22(23(13-19)35-2)30-26-28-14-21(27)25(31-26)36-20-5-3-4-18(12-20)29-24(34)17-15-37-38-16-17/h3-7,12-14,17H,8-11,15-16H2,1-2H3,(H,29,34)(H,28,30,31). The van der Waals surface area contributed by atoms with Gasteiger partial charge in [0.2, 0.25) is 17.7 Å². The highest BCUT2D eigenvalue weighted by Gasteiger charge is 2.24. The molecule has 2 N–H and O–H groups in total. The number of hydrogen-bond donors (Lipinski definition) is 2. The molecular weight excluding hydrogens is 544 g/mol. The maximum atomic E-state index is 12.5. The van der Waals surface area contributed by atoms with E-state index in [0.29, 0.717) is 23.1 Å². The van der Waals surface area contributed by atoms with Gasteiger partial charge in [0.05, 0.1) is 24.9 Å². The van der Waals surface area contributed by atoms with Gasteiger partial charge in [0.15, 0.2) is 0 Å². The number of ether oxygens (including phenoxy) is 2. The van der Waals surface area contributed by atoms with Crippen LogP contribution in [0.5, 0.6) is 17.4 Å². The zero-order valence-electron chi connectivity index (χ0n) is 21.1. The summed E-state index contributed by atoms with van der Waals surface area (Å²) in [6.07, 6.45) is 1.48. The van der Waals surface area contributed by atoms with E-state index in [1.807, 2.05) is 24.3 Å². The number of nitrogens with one attached hydrogen (secondary N) is 2. The summed E-state index contributed by atoms with van der Waals surface area (Å²) < 4.78 is 11.6. The van der Waals surface area contributed by atoms with Gasteiger partial charge in [-0.15, -0.1) is 0 Å². The highest BCUT2D eigenvalue weighted by atomic mass is 35.5. The molecule has 0 bridgehead atoms. The molecule has 3 aromatic rings. The van der Waals surface area contributed by atoms with Gasteiger partial charge in [-0.3, -0.25) is 4.79 Å². The molecule has 0 spiro atoms. The van der Waals surface area contributed by atoms with E-state index >= 15 is 0 Å². The number of amides is 1. The van der Waals surface area contributed by atoms with Crippen molar-refractivity contribution in [1.29, 1.82) is 0 Å². The molecule has 0 atom stereocenters. The zero-order chi connectivity index (χ0) is 26.5. The zero-order valence-corrected chi connectivity index (χ0v) is 23.5. The number of rotatable bonds is 8. The molecule has 2 saturated heterocycles. The van der Waals surface area contributed by atoms with E-state index in [9.17, 15) is 4.79 Å². The number of carbonyl (C=O) groups is 1. The second kappa shape index (κ2) is 12.3. The summed E-state index contributed by atoms with van der Waals surface area (Å²) in [7, 11) is 7.23. The third-order valence-corrected chi connectivity index (χ3v) is 9.14. The van der Waals surface area contributed by atoms with E-state index < -0.39 is 0 Å². The number of piperazine rings is 1. The SMILES string of the molecule is COc1cc(N2CCN(C)CC2)ccc1Nc1ncc(Cl)c(Oc2cccc(NC(=O)C3CSSC3)c2)n1. The smallest absolute Gasteiger partial charge is 0.243 e. The highest BCUT2D eigenvalue weighted by Crippen LogP contribution is 2.36. The van der Waals surface area contributed by atoms with Gasteiger partial charge in [-0.25, -0.2) is 4.98 Å². The number of hydrogen-bond acceptors (Lipinski definition) is 10. The third kappa shape index (κ3) is 6.58. The molecule has 5 rings (SSSR count). The third-order valence-electron chi connectivity index (χ3n) is 6.32. The van der Waals surface area contributed by atoms with Gasteiger partial charge in [0.1, 0.15) is 16.5 Å². The predicted molar refractivity (Wildman–Crippen MR) is 157 cm³/mol. The Morgan fingerprint density at radius 3 is 2.66 bits per heavy atom. The molecule has 12 heteroatoms. The van der Waals surface area contributed by atoms with Crippen LogP contribution < -0.4 is 25.0 Å². The van der Waals surface area contributed by atoms with Gasteiger partial charge in [0, 0.05) is 61.2 Å². The van der Waals surface area contributed by atoms with E-state index in [2.05, 4.69) is 43.5 Å². The van der Waals surface area contributed by atoms with E-state index in [4.69, 9.17) is 21.1 Å². The van der Waals surface area contributed by atoms with Crippen LogP contribution in [0.3, 0.4) is 0 Å². The second-order valence-corrected chi connectivity index (χ2v) is 12.0. The number of carbonyl (C=O) groups excluding carboxylic acids is 1. The van der Waals surface area contributed by atoms with E-state index in [-0.39, 0.29) is 22.7 Å². The first-order valence-electron chi connectivity index (χ1n) is 12.2. The lowest BCUT2D eigenvalue weighted by Gasteiger charge is -2.34. The quantitative estimate of drug-likeness (QED) is 0.343. The summed E-state index contributed by atoms with van der Waals surface area (Å²) in [4.78, 5) is 25.9. The minimum atomic E-state index is 0.00660. The molecule has 9 nitrogen and oxygen atoms in total. The van der Waals surface area contributed by atoms with Crippen LogP contribution in [-0.4, -0.2) is 72.6 Å². The van der Waals surface area contributed by atoms with Crippen LogP contribution in [0.15, 0.2) is 48.7 Å². The van der Waals surface area contributed by atoms with E-state index in [1.54, 1.807) is 40.8 Å². The molecule has 0 unspecified atom stereocenters. The minimum absolute atomic E-state index is 0.00660. The van der Waals surface area contributed by atoms with E-state index in [0.717, 1.165) is 49.1 Å². The van der Waals surface area contributed by atoms with Crippen molar-refractivity contribution in [2.45, 2.75) is 0 Å². The largest absolute Gasteiger partial charge is 0.494 e. The predicted octanol–water partition coefficient (Wildman–Crippen LogP) is 5.38. The minimum Gasteiger partial charge on any atom is -0.494 e. The van der Waals surface area contributed by atoms with Crippen molar-refractivity contribution < 1.29 is 14.3 Å². The molecule has 2 aromatic carbocycles. The van der Waals surface area contributed by atoms with Crippen LogP contribution >= 0.6 is 33.2 Å². The van der Waals surface area contributed by atoms with Gasteiger partial charge >= 0.3 is 0 Å². The molecule has 2 aliphatic rings. The first-order chi connectivity index (χ1) is 18.5. The van der Waals surface area contributed by atoms with Gasteiger partial charge in [-0.1, -0.05) is 39.3 Å². The van der Waals surface area contributed by atoms with Crippen molar-refractivity contribution in [3.63, 3.8) is 0 Å². The van der Waals surface area contributed by atoms with Crippen LogP contribution in [0.4, 0.5) is 23.0 Å². The van der Waals surface area contributed by atoms with Gasteiger partial charge in [-0.2, -0.15) is 4.98 Å². The molecule has 3 heterocycles. The molecule has 1 aromatic heterocycles. The van der Waals surface area contributed by atoms with Crippen molar-refractivity contribution in [3.05, 3.63) is 53.7 Å². The molecule has 38 heavy (non-hydrogen) atoms. The van der Waals surface area contributed by atoms with Crippen molar-refractivity contribution in [1.82, 2.24) is 14.9 Å². The molecule has 0 radical (unpaired) electrons. The Hall–Kier alpha value is -2.86. The van der Waals surface area contributed by atoms with Crippen molar-refractivity contribution >= 4 is 62.1 Å². The number of methoxy groups -OCH3 is 1. The highest BCUT2D eigenvalue weighted by molar-refractivity contribution is 8.77.